The molecule has 1 unspecified atom stereocenters. The number of ketones is 1. The number of fused-ring (bicyclic) bond motifs is 1. The molecule has 3 fully saturated rings. The number of esters is 1. The standard InChI is InChI=1S/C42H68N2O10/c1-13-32-42(9)35(44(39(48)54-42)22-18-17-21-30-19-15-14-16-20-30)29(6)41(8,49)25(2)24-40(7,50-12)36(27(4)33(45)28(5)37(47)52-32)53-38-34(46)31(43(10)11)23-26(3)51-38/h14-16,19-20,25-29,31-32,34-36,38,46,49H,13,17-18,21-24H2,1-12H3/t25-,26-,27+,28-,29-,31+,32-,34-,35+,36-,38?,40-,41+,42-/m1/s1. The van der Waals surface area contributed by atoms with Crippen molar-refractivity contribution in [2.45, 2.75) is 160 Å². The summed E-state index contributed by atoms with van der Waals surface area (Å²) in [6.07, 6.45) is -1.28. The SMILES string of the molecule is CC[C@H]1OC(=O)[C@H](C)C(=O)[C@H](C)[C@@H](OC2O[C@H](C)C[C@H](N(C)C)[C@H]2O)[C@](C)(OC)C[C@@H](C)[C@](C)(O)[C@H](C)[C@@H]2N(CCCCc3ccccc3)C(=O)O[C@@]21C. The molecule has 0 saturated carbocycles. The number of benzene rings is 1. The van der Waals surface area contributed by atoms with Crippen LogP contribution in [0.4, 0.5) is 4.79 Å². The molecular formula is C42H68N2O10. The molecule has 0 aromatic heterocycles. The number of amides is 1. The summed E-state index contributed by atoms with van der Waals surface area (Å²) >= 11 is 0. The van der Waals surface area contributed by atoms with Crippen molar-refractivity contribution >= 4 is 17.8 Å². The van der Waals surface area contributed by atoms with Gasteiger partial charge in [-0.15, -0.1) is 0 Å². The first-order valence-electron chi connectivity index (χ1n) is 19.9. The fourth-order valence-electron chi connectivity index (χ4n) is 9.24. The molecule has 14 atom stereocenters. The number of nitrogens with zero attached hydrogens (tertiary/aromatic N) is 2. The van der Waals surface area contributed by atoms with Gasteiger partial charge in [-0.25, -0.2) is 4.79 Å². The van der Waals surface area contributed by atoms with Crippen LogP contribution in [0.3, 0.4) is 0 Å². The number of rotatable bonds is 10. The molecule has 12 nitrogen and oxygen atoms in total. The quantitative estimate of drug-likeness (QED) is 0.180. The van der Waals surface area contributed by atoms with Crippen LogP contribution >= 0.6 is 0 Å². The largest absolute Gasteiger partial charge is 0.458 e. The summed E-state index contributed by atoms with van der Waals surface area (Å²) in [6, 6.07) is 9.24. The number of hydrogen-bond donors (Lipinski definition) is 2. The van der Waals surface area contributed by atoms with E-state index >= 15 is 0 Å². The Morgan fingerprint density at radius 1 is 1.00 bits per heavy atom. The Hall–Kier alpha value is -2.61. The summed E-state index contributed by atoms with van der Waals surface area (Å²) in [6.45, 7) is 16.6. The number of likely N-dealkylation sites (N-methyl/N-ethyl adjacent to an activating group) is 1. The van der Waals surface area contributed by atoms with Gasteiger partial charge in [0.2, 0.25) is 0 Å². The van der Waals surface area contributed by atoms with E-state index < -0.39 is 89.0 Å². The van der Waals surface area contributed by atoms with Gasteiger partial charge in [0.1, 0.15) is 18.1 Å². The number of methoxy groups -OCH3 is 1. The molecule has 3 aliphatic rings. The molecule has 3 saturated heterocycles. The molecule has 2 N–H and O–H groups in total. The predicted octanol–water partition coefficient (Wildman–Crippen LogP) is 5.40. The normalized spacial score (nSPS) is 41.3. The van der Waals surface area contributed by atoms with E-state index in [1.165, 1.54) is 19.6 Å². The first kappa shape index (κ1) is 44.1. The van der Waals surface area contributed by atoms with Gasteiger partial charge in [0.05, 0.1) is 29.5 Å². The minimum atomic E-state index is -1.43. The first-order chi connectivity index (χ1) is 25.2. The molecule has 3 heterocycles. The van der Waals surface area contributed by atoms with E-state index in [2.05, 4.69) is 12.1 Å². The van der Waals surface area contributed by atoms with Gasteiger partial charge in [0.25, 0.3) is 0 Å². The van der Waals surface area contributed by atoms with Crippen LogP contribution in [0.15, 0.2) is 30.3 Å². The van der Waals surface area contributed by atoms with Crippen molar-refractivity contribution in [1.82, 2.24) is 9.80 Å². The lowest BCUT2D eigenvalue weighted by atomic mass is 9.67. The summed E-state index contributed by atoms with van der Waals surface area (Å²) in [7, 11) is 5.31. The van der Waals surface area contributed by atoms with Crippen molar-refractivity contribution in [3.8, 4) is 0 Å². The van der Waals surface area contributed by atoms with E-state index in [0.717, 1.165) is 12.8 Å². The molecule has 4 rings (SSSR count). The monoisotopic (exact) mass is 760 g/mol. The Balaban J connectivity index is 1.75. The third kappa shape index (κ3) is 8.99. The van der Waals surface area contributed by atoms with Gasteiger partial charge in [0.15, 0.2) is 17.7 Å². The lowest BCUT2D eigenvalue weighted by Gasteiger charge is -2.50. The Bertz CT molecular complexity index is 1420. The highest BCUT2D eigenvalue weighted by atomic mass is 16.7. The summed E-state index contributed by atoms with van der Waals surface area (Å²) in [5.41, 5.74) is -2.75. The van der Waals surface area contributed by atoms with Crippen LogP contribution in [0.5, 0.6) is 0 Å². The molecule has 1 aromatic carbocycles. The molecule has 0 bridgehead atoms. The van der Waals surface area contributed by atoms with Gasteiger partial charge in [-0.2, -0.15) is 0 Å². The van der Waals surface area contributed by atoms with Crippen LogP contribution < -0.4 is 0 Å². The highest BCUT2D eigenvalue weighted by molar-refractivity contribution is 6.00. The number of aliphatic hydroxyl groups excluding tert-OH is 1. The number of Topliss-reactive ketones (excluding diaryl/α,β-unsaturated/α-hetero) is 1. The zero-order valence-electron chi connectivity index (χ0n) is 34.7. The fourth-order valence-corrected chi connectivity index (χ4v) is 9.24. The van der Waals surface area contributed by atoms with Crippen molar-refractivity contribution in [2.75, 3.05) is 27.7 Å². The van der Waals surface area contributed by atoms with Crippen molar-refractivity contribution in [2.24, 2.45) is 23.7 Å². The smallest absolute Gasteiger partial charge is 0.410 e. The third-order valence-electron chi connectivity index (χ3n) is 13.1. The van der Waals surface area contributed by atoms with E-state index in [-0.39, 0.29) is 18.6 Å². The van der Waals surface area contributed by atoms with Crippen LogP contribution in [0.1, 0.15) is 100.0 Å². The second-order valence-electron chi connectivity index (χ2n) is 17.1. The fraction of sp³-hybridized carbons (Fsp3) is 0.786. The lowest BCUT2D eigenvalue weighted by Crippen LogP contribution is -2.63. The van der Waals surface area contributed by atoms with E-state index in [4.69, 9.17) is 23.7 Å². The lowest BCUT2D eigenvalue weighted by molar-refractivity contribution is -0.296. The summed E-state index contributed by atoms with van der Waals surface area (Å²) in [5.74, 6) is -4.33. The molecule has 12 heteroatoms. The summed E-state index contributed by atoms with van der Waals surface area (Å²) in [5, 5.41) is 24.1. The van der Waals surface area contributed by atoms with Crippen LogP contribution in [0, 0.1) is 23.7 Å². The number of carbonyl (C=O) groups excluding carboxylic acids is 3. The number of ether oxygens (including phenoxy) is 5. The molecule has 1 amide bonds. The van der Waals surface area contributed by atoms with Crippen molar-refractivity contribution in [1.29, 1.82) is 0 Å². The van der Waals surface area contributed by atoms with Crippen LogP contribution in [-0.4, -0.2) is 125 Å². The van der Waals surface area contributed by atoms with Gasteiger partial charge in [-0.05, 0) is 98.7 Å². The first-order valence-corrected chi connectivity index (χ1v) is 19.9. The van der Waals surface area contributed by atoms with Gasteiger partial charge in [0, 0.05) is 31.5 Å². The highest BCUT2D eigenvalue weighted by Crippen LogP contribution is 2.47. The second kappa shape index (κ2) is 17.7. The zero-order valence-corrected chi connectivity index (χ0v) is 34.7. The van der Waals surface area contributed by atoms with Gasteiger partial charge in [-0.1, -0.05) is 58.0 Å². The Kier molecular flexibility index (Phi) is 14.4. The average Bonchev–Trinajstić information content (AvgIpc) is 3.39. The molecule has 0 radical (unpaired) electrons. The van der Waals surface area contributed by atoms with Gasteiger partial charge < -0.3 is 43.7 Å². The zero-order chi connectivity index (χ0) is 40.3. The number of aliphatic hydroxyl groups is 2. The Labute approximate surface area is 323 Å². The van der Waals surface area contributed by atoms with E-state index in [1.807, 2.05) is 71.8 Å². The summed E-state index contributed by atoms with van der Waals surface area (Å²) in [4.78, 5) is 45.8. The average molecular weight is 761 g/mol. The highest BCUT2D eigenvalue weighted by Gasteiger charge is 2.62. The number of carbonyl (C=O) groups is 3. The molecule has 1 aromatic rings. The van der Waals surface area contributed by atoms with Crippen molar-refractivity contribution in [3.05, 3.63) is 35.9 Å². The molecule has 0 spiro atoms. The summed E-state index contributed by atoms with van der Waals surface area (Å²) < 4.78 is 31.4. The maximum atomic E-state index is 14.3. The number of cyclic esters (lactones) is 1. The molecule has 3 aliphatic heterocycles. The maximum absolute atomic E-state index is 14.3. The van der Waals surface area contributed by atoms with Crippen molar-refractivity contribution < 1.29 is 48.3 Å². The Morgan fingerprint density at radius 3 is 2.24 bits per heavy atom. The molecule has 306 valence electrons. The van der Waals surface area contributed by atoms with Gasteiger partial charge in [-0.3, -0.25) is 9.59 Å². The van der Waals surface area contributed by atoms with E-state index in [9.17, 15) is 24.6 Å². The predicted molar refractivity (Wildman–Crippen MR) is 205 cm³/mol. The molecular weight excluding hydrogens is 692 g/mol. The van der Waals surface area contributed by atoms with Crippen molar-refractivity contribution in [3.63, 3.8) is 0 Å². The molecule has 54 heavy (non-hydrogen) atoms. The van der Waals surface area contributed by atoms with E-state index in [0.29, 0.717) is 25.8 Å². The minimum absolute atomic E-state index is 0.226. The number of unbranched alkanes of at least 4 members (excludes halogenated alkanes) is 1. The van der Waals surface area contributed by atoms with Gasteiger partial charge >= 0.3 is 12.1 Å². The number of hydrogen-bond acceptors (Lipinski definition) is 11. The van der Waals surface area contributed by atoms with Crippen LogP contribution in [0.2, 0.25) is 0 Å². The van der Waals surface area contributed by atoms with Crippen LogP contribution in [0.25, 0.3) is 0 Å². The van der Waals surface area contributed by atoms with Crippen LogP contribution in [-0.2, 0) is 39.7 Å². The minimum Gasteiger partial charge on any atom is -0.458 e. The maximum Gasteiger partial charge on any atom is 0.410 e. The topological polar surface area (TPSA) is 144 Å². The molecule has 0 aliphatic carbocycles. The van der Waals surface area contributed by atoms with E-state index in [1.54, 1.807) is 25.7 Å². The third-order valence-corrected chi connectivity index (χ3v) is 13.1. The number of aryl methyl sites for hydroxylation is 1. The second-order valence-corrected chi connectivity index (χ2v) is 17.1. The Morgan fingerprint density at radius 2 is 1.65 bits per heavy atom.